The monoisotopic (exact) mass is 186 g/mol. The number of carbonyl (C=O) groups is 1. The van der Waals surface area contributed by atoms with E-state index in [1.54, 1.807) is 0 Å². The van der Waals surface area contributed by atoms with Gasteiger partial charge in [0.2, 0.25) is 0 Å². The second-order valence-electron chi connectivity index (χ2n) is 3.54. The van der Waals surface area contributed by atoms with Gasteiger partial charge in [0.05, 0.1) is 0 Å². The predicted octanol–water partition coefficient (Wildman–Crippen LogP) is 2.16. The van der Waals surface area contributed by atoms with E-state index >= 15 is 0 Å². The van der Waals surface area contributed by atoms with Crippen LogP contribution in [0.1, 0.15) is 20.3 Å². The molecule has 0 aromatic carbocycles. The SMILES string of the molecule is CC1(C)SCCC1/C=C/C(=O)O. The molecule has 1 fully saturated rings. The highest BCUT2D eigenvalue weighted by Gasteiger charge is 2.33. The average Bonchev–Trinajstić information content (AvgIpc) is 2.25. The van der Waals surface area contributed by atoms with Gasteiger partial charge < -0.3 is 5.11 Å². The van der Waals surface area contributed by atoms with Gasteiger partial charge in [0.25, 0.3) is 0 Å². The van der Waals surface area contributed by atoms with Gasteiger partial charge in [0.1, 0.15) is 0 Å². The summed E-state index contributed by atoms with van der Waals surface area (Å²) in [6.07, 6.45) is 4.18. The third-order valence-electron chi connectivity index (χ3n) is 2.27. The van der Waals surface area contributed by atoms with Crippen LogP contribution in [-0.2, 0) is 4.79 Å². The summed E-state index contributed by atoms with van der Waals surface area (Å²) < 4.78 is 0.214. The van der Waals surface area contributed by atoms with Crippen molar-refractivity contribution in [2.24, 2.45) is 5.92 Å². The molecule has 0 aromatic heterocycles. The molecule has 3 heteroatoms. The van der Waals surface area contributed by atoms with Gasteiger partial charge in [-0.2, -0.15) is 11.8 Å². The quantitative estimate of drug-likeness (QED) is 0.671. The van der Waals surface area contributed by atoms with E-state index in [2.05, 4.69) is 13.8 Å². The normalized spacial score (nSPS) is 28.0. The maximum absolute atomic E-state index is 10.3. The smallest absolute Gasteiger partial charge is 0.327 e. The van der Waals surface area contributed by atoms with Crippen LogP contribution in [-0.4, -0.2) is 21.6 Å². The molecule has 1 atom stereocenters. The highest BCUT2D eigenvalue weighted by Crippen LogP contribution is 2.42. The van der Waals surface area contributed by atoms with Gasteiger partial charge in [-0.3, -0.25) is 0 Å². The van der Waals surface area contributed by atoms with Crippen LogP contribution in [0.4, 0.5) is 0 Å². The van der Waals surface area contributed by atoms with Crippen molar-refractivity contribution in [2.45, 2.75) is 25.0 Å². The molecule has 1 unspecified atom stereocenters. The topological polar surface area (TPSA) is 37.3 Å². The van der Waals surface area contributed by atoms with E-state index in [4.69, 9.17) is 5.11 Å². The van der Waals surface area contributed by atoms with Crippen molar-refractivity contribution in [2.75, 3.05) is 5.75 Å². The van der Waals surface area contributed by atoms with E-state index in [9.17, 15) is 4.79 Å². The lowest BCUT2D eigenvalue weighted by Crippen LogP contribution is -2.20. The van der Waals surface area contributed by atoms with Gasteiger partial charge in [-0.15, -0.1) is 0 Å². The highest BCUT2D eigenvalue weighted by molar-refractivity contribution is 8.00. The number of aliphatic carboxylic acids is 1. The molecule has 12 heavy (non-hydrogen) atoms. The summed E-state index contributed by atoms with van der Waals surface area (Å²) in [5.41, 5.74) is 0. The summed E-state index contributed by atoms with van der Waals surface area (Å²) in [7, 11) is 0. The van der Waals surface area contributed by atoms with E-state index in [1.807, 2.05) is 17.8 Å². The maximum atomic E-state index is 10.3. The number of carboxylic acid groups (broad SMARTS) is 1. The zero-order chi connectivity index (χ0) is 9.19. The average molecular weight is 186 g/mol. The molecule has 1 rings (SSSR count). The van der Waals surface area contributed by atoms with E-state index < -0.39 is 5.97 Å². The van der Waals surface area contributed by atoms with Crippen LogP contribution in [0.5, 0.6) is 0 Å². The first kappa shape index (κ1) is 9.65. The van der Waals surface area contributed by atoms with Crippen molar-refractivity contribution >= 4 is 17.7 Å². The molecule has 0 aromatic rings. The Morgan fingerprint density at radius 1 is 1.67 bits per heavy atom. The maximum Gasteiger partial charge on any atom is 0.327 e. The summed E-state index contributed by atoms with van der Waals surface area (Å²) in [4.78, 5) is 10.3. The van der Waals surface area contributed by atoms with Crippen LogP contribution in [0.25, 0.3) is 0 Å². The van der Waals surface area contributed by atoms with E-state index in [-0.39, 0.29) is 4.75 Å². The zero-order valence-corrected chi connectivity index (χ0v) is 8.23. The molecule has 0 saturated carbocycles. The molecule has 0 aliphatic carbocycles. The Morgan fingerprint density at radius 3 is 2.75 bits per heavy atom. The lowest BCUT2D eigenvalue weighted by atomic mass is 9.92. The second kappa shape index (κ2) is 3.52. The summed E-state index contributed by atoms with van der Waals surface area (Å²) in [5.74, 6) is 0.711. The molecule has 1 saturated heterocycles. The number of hydrogen-bond donors (Lipinski definition) is 1. The van der Waals surface area contributed by atoms with Crippen molar-refractivity contribution in [1.29, 1.82) is 0 Å². The molecule has 0 amide bonds. The van der Waals surface area contributed by atoms with Crippen LogP contribution in [0, 0.1) is 5.92 Å². The molecular weight excluding hydrogens is 172 g/mol. The minimum atomic E-state index is -0.845. The van der Waals surface area contributed by atoms with Crippen molar-refractivity contribution < 1.29 is 9.90 Å². The Balaban J connectivity index is 2.58. The number of carboxylic acids is 1. The summed E-state index contributed by atoms with van der Waals surface area (Å²) in [6, 6.07) is 0. The number of thioether (sulfide) groups is 1. The van der Waals surface area contributed by atoms with Gasteiger partial charge in [-0.25, -0.2) is 4.79 Å². The lowest BCUT2D eigenvalue weighted by Gasteiger charge is -2.22. The fraction of sp³-hybridized carbons (Fsp3) is 0.667. The standard InChI is InChI=1S/C9H14O2S/c1-9(2)7(5-6-12-9)3-4-8(10)11/h3-4,7H,5-6H2,1-2H3,(H,10,11)/b4-3+. The molecule has 1 heterocycles. The molecule has 2 nitrogen and oxygen atoms in total. The molecule has 68 valence electrons. The first-order chi connectivity index (χ1) is 5.52. The van der Waals surface area contributed by atoms with Crippen LogP contribution < -0.4 is 0 Å². The number of rotatable bonds is 2. The van der Waals surface area contributed by atoms with Gasteiger partial charge in [-0.1, -0.05) is 19.9 Å². The first-order valence-corrected chi connectivity index (χ1v) is 5.06. The Morgan fingerprint density at radius 2 is 2.33 bits per heavy atom. The molecule has 1 aliphatic heterocycles. The summed E-state index contributed by atoms with van der Waals surface area (Å²) in [5, 5.41) is 8.45. The van der Waals surface area contributed by atoms with Gasteiger partial charge in [0.15, 0.2) is 0 Å². The van der Waals surface area contributed by atoms with Crippen molar-refractivity contribution in [1.82, 2.24) is 0 Å². The van der Waals surface area contributed by atoms with Crippen molar-refractivity contribution in [3.63, 3.8) is 0 Å². The number of allylic oxidation sites excluding steroid dienone is 1. The lowest BCUT2D eigenvalue weighted by molar-refractivity contribution is -0.131. The third kappa shape index (κ3) is 2.27. The number of hydrogen-bond acceptors (Lipinski definition) is 2. The van der Waals surface area contributed by atoms with Gasteiger partial charge in [-0.05, 0) is 18.1 Å². The molecule has 0 spiro atoms. The van der Waals surface area contributed by atoms with Crippen LogP contribution >= 0.6 is 11.8 Å². The van der Waals surface area contributed by atoms with Gasteiger partial charge >= 0.3 is 5.97 Å². The Hall–Kier alpha value is -0.440. The first-order valence-electron chi connectivity index (χ1n) is 4.07. The molecule has 1 aliphatic rings. The highest BCUT2D eigenvalue weighted by atomic mass is 32.2. The summed E-state index contributed by atoms with van der Waals surface area (Å²) in [6.45, 7) is 4.34. The molecule has 1 N–H and O–H groups in total. The summed E-state index contributed by atoms with van der Waals surface area (Å²) >= 11 is 1.92. The fourth-order valence-corrected chi connectivity index (χ4v) is 2.74. The fourth-order valence-electron chi connectivity index (χ4n) is 1.43. The zero-order valence-electron chi connectivity index (χ0n) is 7.41. The van der Waals surface area contributed by atoms with Crippen molar-refractivity contribution in [3.8, 4) is 0 Å². The van der Waals surface area contributed by atoms with E-state index in [0.717, 1.165) is 12.2 Å². The predicted molar refractivity (Wildman–Crippen MR) is 51.4 cm³/mol. The van der Waals surface area contributed by atoms with Crippen molar-refractivity contribution in [3.05, 3.63) is 12.2 Å². The van der Waals surface area contributed by atoms with E-state index in [1.165, 1.54) is 6.08 Å². The van der Waals surface area contributed by atoms with Crippen LogP contribution in [0.2, 0.25) is 0 Å². The minimum Gasteiger partial charge on any atom is -0.478 e. The van der Waals surface area contributed by atoms with Gasteiger partial charge in [0, 0.05) is 10.8 Å². The van der Waals surface area contributed by atoms with E-state index in [0.29, 0.717) is 5.92 Å². The largest absolute Gasteiger partial charge is 0.478 e. The third-order valence-corrected chi connectivity index (χ3v) is 3.75. The molecule has 0 radical (unpaired) electrons. The van der Waals surface area contributed by atoms with Crippen LogP contribution in [0.3, 0.4) is 0 Å². The Labute approximate surface area is 77.0 Å². The Kier molecular flexibility index (Phi) is 2.83. The minimum absolute atomic E-state index is 0.214. The molecule has 0 bridgehead atoms. The second-order valence-corrected chi connectivity index (χ2v) is 5.29. The van der Waals surface area contributed by atoms with Crippen LogP contribution in [0.15, 0.2) is 12.2 Å². The Bertz CT molecular complexity index is 209. The molecular formula is C9H14O2S.